The molecule has 14 heteroatoms. The molecule has 3 N–H and O–H groups in total. The number of fused-ring (bicyclic) bond motifs is 1. The van der Waals surface area contributed by atoms with Gasteiger partial charge in [-0.3, -0.25) is 10.1 Å². The van der Waals surface area contributed by atoms with E-state index in [2.05, 4.69) is 11.4 Å². The third kappa shape index (κ3) is 8.56. The van der Waals surface area contributed by atoms with Gasteiger partial charge in [-0.05, 0) is 48.3 Å². The van der Waals surface area contributed by atoms with Gasteiger partial charge in [0, 0.05) is 43.5 Å². The summed E-state index contributed by atoms with van der Waals surface area (Å²) in [6.45, 7) is 3.77. The number of rotatable bonds is 15. The minimum absolute atomic E-state index is 0.0598. The molecule has 45 heavy (non-hydrogen) atoms. The van der Waals surface area contributed by atoms with Crippen molar-refractivity contribution in [2.75, 3.05) is 26.3 Å². The summed E-state index contributed by atoms with van der Waals surface area (Å²) >= 11 is 0. The van der Waals surface area contributed by atoms with E-state index in [0.717, 1.165) is 15.9 Å². The Morgan fingerprint density at radius 2 is 1.98 bits per heavy atom. The number of hydrogen-bond donors (Lipinski definition) is 3. The Morgan fingerprint density at radius 3 is 2.64 bits per heavy atom. The number of unbranched alkanes of at least 4 members (excludes halogenated alkanes) is 1. The van der Waals surface area contributed by atoms with E-state index in [-0.39, 0.29) is 41.6 Å². The van der Waals surface area contributed by atoms with Crippen LogP contribution in [0.3, 0.4) is 0 Å². The molecule has 1 amide bonds. The standard InChI is InChI=1S/C31H40N4O9S/c1-31(2,13-6-7-14-32)20-34(18-27(36)26(33-30(37)38)16-21-8-4-3-5-9-21)45(41,42)28-11-10-22(35(39)40)17-24(28)25-19-44-29-23(25)12-15-43-29/h3-5,8-11,17,23,25-27,29,33,36H,6-7,12-13,15-16,18-20H2,1-2H3,(H,37,38)/t23-,25+,26+,27-,29+/m1/s1. The molecule has 244 valence electrons. The van der Waals surface area contributed by atoms with Crippen LogP contribution < -0.4 is 5.32 Å². The third-order valence-corrected chi connectivity index (χ3v) is 10.4. The normalized spacial score (nSPS) is 21.2. The first-order valence-corrected chi connectivity index (χ1v) is 16.4. The molecule has 2 saturated heterocycles. The molecule has 13 nitrogen and oxygen atoms in total. The van der Waals surface area contributed by atoms with Gasteiger partial charge in [-0.1, -0.05) is 44.2 Å². The van der Waals surface area contributed by atoms with Crippen LogP contribution in [0.5, 0.6) is 0 Å². The lowest BCUT2D eigenvalue weighted by molar-refractivity contribution is -0.385. The van der Waals surface area contributed by atoms with Gasteiger partial charge in [-0.2, -0.15) is 9.57 Å². The van der Waals surface area contributed by atoms with E-state index in [1.54, 1.807) is 30.3 Å². The number of aliphatic hydroxyl groups is 1. The van der Waals surface area contributed by atoms with Gasteiger partial charge in [0.05, 0.1) is 41.2 Å². The van der Waals surface area contributed by atoms with E-state index < -0.39 is 57.4 Å². The SMILES string of the molecule is CC(C)(CCCC#N)CN(C[C@@H](O)[C@H](Cc1ccccc1)NC(=O)O)S(=O)(=O)c1ccc([N+](=O)[O-])cc1[C@H]1CO[C@@H]2OCC[C@@H]21. The van der Waals surface area contributed by atoms with Crippen LogP contribution in [-0.2, 0) is 25.9 Å². The zero-order valence-corrected chi connectivity index (χ0v) is 26.2. The minimum atomic E-state index is -4.42. The molecular weight excluding hydrogens is 604 g/mol. The predicted molar refractivity (Wildman–Crippen MR) is 163 cm³/mol. The number of carbonyl (C=O) groups is 1. The van der Waals surface area contributed by atoms with Crippen LogP contribution in [0.25, 0.3) is 0 Å². The zero-order valence-electron chi connectivity index (χ0n) is 25.4. The van der Waals surface area contributed by atoms with E-state index in [1.807, 2.05) is 13.8 Å². The monoisotopic (exact) mass is 644 g/mol. The molecule has 5 atom stereocenters. The van der Waals surface area contributed by atoms with Crippen LogP contribution in [0, 0.1) is 32.8 Å². The van der Waals surface area contributed by atoms with E-state index in [1.165, 1.54) is 12.1 Å². The quantitative estimate of drug-likeness (QED) is 0.145. The van der Waals surface area contributed by atoms with E-state index in [4.69, 9.17) is 14.7 Å². The lowest BCUT2D eigenvalue weighted by atomic mass is 9.87. The molecule has 2 aromatic rings. The number of nitrogens with one attached hydrogen (secondary N) is 1. The van der Waals surface area contributed by atoms with Crippen molar-refractivity contribution in [2.24, 2.45) is 11.3 Å². The van der Waals surface area contributed by atoms with Crippen molar-refractivity contribution in [3.8, 4) is 6.07 Å². The van der Waals surface area contributed by atoms with E-state index in [0.29, 0.717) is 32.3 Å². The number of ether oxygens (including phenoxy) is 2. The van der Waals surface area contributed by atoms with Crippen molar-refractivity contribution >= 4 is 21.8 Å². The van der Waals surface area contributed by atoms with Crippen molar-refractivity contribution in [3.05, 3.63) is 69.8 Å². The summed E-state index contributed by atoms with van der Waals surface area (Å²) in [5, 5.41) is 44.1. The summed E-state index contributed by atoms with van der Waals surface area (Å²) in [5.41, 5.74) is 0.0891. The third-order valence-electron chi connectivity index (χ3n) is 8.47. The van der Waals surface area contributed by atoms with Crippen LogP contribution in [0.1, 0.15) is 56.6 Å². The molecule has 0 spiro atoms. The van der Waals surface area contributed by atoms with Gasteiger partial charge < -0.3 is 25.0 Å². The van der Waals surface area contributed by atoms with Crippen molar-refractivity contribution in [1.82, 2.24) is 9.62 Å². The van der Waals surface area contributed by atoms with Crippen LogP contribution in [-0.4, -0.2) is 78.7 Å². The Bertz CT molecular complexity index is 1500. The number of aliphatic hydroxyl groups excluding tert-OH is 1. The van der Waals surface area contributed by atoms with Crippen molar-refractivity contribution < 1.29 is 37.8 Å². The van der Waals surface area contributed by atoms with Crippen molar-refractivity contribution in [3.63, 3.8) is 0 Å². The molecule has 2 heterocycles. The topological polar surface area (TPSA) is 192 Å². The maximum atomic E-state index is 14.6. The van der Waals surface area contributed by atoms with Gasteiger partial charge in [-0.25, -0.2) is 13.2 Å². The average Bonchev–Trinajstić information content (AvgIpc) is 3.61. The Labute approximate surface area is 263 Å². The molecule has 0 bridgehead atoms. The number of carboxylic acid groups (broad SMARTS) is 1. The van der Waals surface area contributed by atoms with E-state index in [9.17, 15) is 33.5 Å². The van der Waals surface area contributed by atoms with Crippen molar-refractivity contribution in [1.29, 1.82) is 5.26 Å². The summed E-state index contributed by atoms with van der Waals surface area (Å²) in [6.07, 6.45) is -1.30. The molecule has 0 aromatic heterocycles. The first kappa shape index (κ1) is 34.3. The largest absolute Gasteiger partial charge is 0.465 e. The summed E-state index contributed by atoms with van der Waals surface area (Å²) in [4.78, 5) is 22.7. The van der Waals surface area contributed by atoms with E-state index >= 15 is 0 Å². The fraction of sp³-hybridized carbons (Fsp3) is 0.548. The number of nitro groups is 1. The summed E-state index contributed by atoms with van der Waals surface area (Å²) in [5.74, 6) is -0.658. The number of benzene rings is 2. The maximum absolute atomic E-state index is 14.6. The van der Waals surface area contributed by atoms with Gasteiger partial charge in [0.1, 0.15) is 0 Å². The zero-order chi connectivity index (χ0) is 32.8. The van der Waals surface area contributed by atoms with Crippen LogP contribution in [0.2, 0.25) is 0 Å². The van der Waals surface area contributed by atoms with Crippen LogP contribution >= 0.6 is 0 Å². The van der Waals surface area contributed by atoms with Crippen molar-refractivity contribution in [2.45, 2.75) is 75.2 Å². The molecule has 0 unspecified atom stereocenters. The number of hydrogen-bond acceptors (Lipinski definition) is 9. The van der Waals surface area contributed by atoms with Gasteiger partial charge in [0.2, 0.25) is 10.0 Å². The first-order chi connectivity index (χ1) is 21.3. The summed E-state index contributed by atoms with van der Waals surface area (Å²) in [6, 6.07) is 13.6. The Balaban J connectivity index is 1.74. The molecule has 0 aliphatic carbocycles. The maximum Gasteiger partial charge on any atom is 0.404 e. The molecule has 2 aliphatic heterocycles. The minimum Gasteiger partial charge on any atom is -0.465 e. The van der Waals surface area contributed by atoms with Crippen LogP contribution in [0.4, 0.5) is 10.5 Å². The highest BCUT2D eigenvalue weighted by atomic mass is 32.2. The number of nitrogens with zero attached hydrogens (tertiary/aromatic N) is 3. The Kier molecular flexibility index (Phi) is 11.2. The number of nitriles is 1. The Morgan fingerprint density at radius 1 is 1.24 bits per heavy atom. The highest BCUT2D eigenvalue weighted by Gasteiger charge is 2.45. The van der Waals surface area contributed by atoms with Crippen LogP contribution in [0.15, 0.2) is 53.4 Å². The highest BCUT2D eigenvalue weighted by Crippen LogP contribution is 2.45. The molecule has 0 radical (unpaired) electrons. The fourth-order valence-electron chi connectivity index (χ4n) is 6.19. The Hall–Kier alpha value is -3.61. The lowest BCUT2D eigenvalue weighted by Gasteiger charge is -2.35. The lowest BCUT2D eigenvalue weighted by Crippen LogP contribution is -2.51. The van der Waals surface area contributed by atoms with Gasteiger partial charge >= 0.3 is 6.09 Å². The summed E-state index contributed by atoms with van der Waals surface area (Å²) in [7, 11) is -4.42. The molecule has 2 aromatic carbocycles. The number of amides is 1. The molecule has 4 rings (SSSR count). The second-order valence-electron chi connectivity index (χ2n) is 12.4. The second-order valence-corrected chi connectivity index (χ2v) is 14.3. The van der Waals surface area contributed by atoms with Gasteiger partial charge in [0.25, 0.3) is 5.69 Å². The molecule has 2 fully saturated rings. The smallest absolute Gasteiger partial charge is 0.404 e. The highest BCUT2D eigenvalue weighted by molar-refractivity contribution is 7.89. The number of non-ortho nitro benzene ring substituents is 1. The molecule has 0 saturated carbocycles. The predicted octanol–water partition coefficient (Wildman–Crippen LogP) is 4.02. The second kappa shape index (κ2) is 14.7. The molecule has 2 aliphatic rings. The van der Waals surface area contributed by atoms with Gasteiger partial charge in [-0.15, -0.1) is 0 Å². The first-order valence-electron chi connectivity index (χ1n) is 14.9. The summed E-state index contributed by atoms with van der Waals surface area (Å²) < 4.78 is 41.8. The average molecular weight is 645 g/mol. The fourth-order valence-corrected chi connectivity index (χ4v) is 8.09. The number of sulfonamides is 1. The number of nitro benzene ring substituents is 1. The van der Waals surface area contributed by atoms with Gasteiger partial charge in [0.15, 0.2) is 6.29 Å². The molecular formula is C31H40N4O9S.